The van der Waals surface area contributed by atoms with Crippen molar-refractivity contribution in [1.82, 2.24) is 9.97 Å². The molecule has 0 aromatic carbocycles. The SMILES string of the molecule is CCc1nc(C(=O)O)[nH]c(=O)c1C. The van der Waals surface area contributed by atoms with Gasteiger partial charge in [0.05, 0.1) is 5.69 Å². The number of H-pyrrole nitrogens is 1. The highest BCUT2D eigenvalue weighted by atomic mass is 16.4. The van der Waals surface area contributed by atoms with Crippen LogP contribution < -0.4 is 5.56 Å². The van der Waals surface area contributed by atoms with Crippen molar-refractivity contribution in [3.05, 3.63) is 27.4 Å². The van der Waals surface area contributed by atoms with Gasteiger partial charge in [0.2, 0.25) is 5.82 Å². The molecule has 1 aromatic heterocycles. The van der Waals surface area contributed by atoms with Gasteiger partial charge in [0, 0.05) is 5.56 Å². The van der Waals surface area contributed by atoms with Gasteiger partial charge in [-0.2, -0.15) is 0 Å². The van der Waals surface area contributed by atoms with Crippen LogP contribution in [0, 0.1) is 6.92 Å². The van der Waals surface area contributed by atoms with Crippen LogP contribution in [0.5, 0.6) is 0 Å². The quantitative estimate of drug-likeness (QED) is 0.690. The lowest BCUT2D eigenvalue weighted by molar-refractivity contribution is 0.0682. The average molecular weight is 182 g/mol. The molecular formula is C8H10N2O3. The Kier molecular flexibility index (Phi) is 2.46. The van der Waals surface area contributed by atoms with Gasteiger partial charge in [-0.15, -0.1) is 0 Å². The van der Waals surface area contributed by atoms with Crippen molar-refractivity contribution in [1.29, 1.82) is 0 Å². The first-order valence-corrected chi connectivity index (χ1v) is 3.89. The third-order valence-corrected chi connectivity index (χ3v) is 1.79. The van der Waals surface area contributed by atoms with Crippen molar-refractivity contribution >= 4 is 5.97 Å². The van der Waals surface area contributed by atoms with E-state index in [2.05, 4.69) is 9.97 Å². The monoisotopic (exact) mass is 182 g/mol. The maximum absolute atomic E-state index is 11.2. The Morgan fingerprint density at radius 3 is 2.69 bits per heavy atom. The first kappa shape index (κ1) is 9.44. The van der Waals surface area contributed by atoms with E-state index in [4.69, 9.17) is 5.11 Å². The molecule has 13 heavy (non-hydrogen) atoms. The van der Waals surface area contributed by atoms with Crippen LogP contribution >= 0.6 is 0 Å². The molecule has 0 saturated heterocycles. The van der Waals surface area contributed by atoms with Gasteiger partial charge >= 0.3 is 5.97 Å². The number of nitrogens with one attached hydrogen (secondary N) is 1. The van der Waals surface area contributed by atoms with E-state index in [1.807, 2.05) is 6.92 Å². The topological polar surface area (TPSA) is 83.0 Å². The fraction of sp³-hybridized carbons (Fsp3) is 0.375. The zero-order valence-corrected chi connectivity index (χ0v) is 7.42. The molecule has 0 bridgehead atoms. The number of carbonyl (C=O) groups is 1. The number of hydrogen-bond donors (Lipinski definition) is 2. The Balaban J connectivity index is 3.39. The minimum absolute atomic E-state index is 0.299. The predicted octanol–water partition coefficient (Wildman–Crippen LogP) is 0.339. The van der Waals surface area contributed by atoms with Gasteiger partial charge in [0.25, 0.3) is 5.56 Å². The van der Waals surface area contributed by atoms with E-state index in [0.29, 0.717) is 17.7 Å². The molecule has 0 amide bonds. The molecule has 0 aliphatic rings. The molecule has 1 aromatic rings. The summed E-state index contributed by atoms with van der Waals surface area (Å²) in [6.07, 6.45) is 0.552. The molecule has 0 spiro atoms. The summed E-state index contributed by atoms with van der Waals surface area (Å²) in [6.45, 7) is 3.44. The van der Waals surface area contributed by atoms with E-state index < -0.39 is 5.97 Å². The van der Waals surface area contributed by atoms with Crippen molar-refractivity contribution in [2.45, 2.75) is 20.3 Å². The molecule has 0 aliphatic carbocycles. The molecule has 5 heteroatoms. The molecule has 0 unspecified atom stereocenters. The lowest BCUT2D eigenvalue weighted by Crippen LogP contribution is -2.20. The predicted molar refractivity (Wildman–Crippen MR) is 45.9 cm³/mol. The summed E-state index contributed by atoms with van der Waals surface area (Å²) < 4.78 is 0. The molecule has 0 fully saturated rings. The van der Waals surface area contributed by atoms with Gasteiger partial charge in [-0.3, -0.25) is 4.79 Å². The van der Waals surface area contributed by atoms with Crippen LogP contribution in [-0.4, -0.2) is 21.0 Å². The van der Waals surface area contributed by atoms with E-state index in [1.54, 1.807) is 6.92 Å². The van der Waals surface area contributed by atoms with Crippen molar-refractivity contribution in [2.24, 2.45) is 0 Å². The second-order valence-corrected chi connectivity index (χ2v) is 2.64. The smallest absolute Gasteiger partial charge is 0.372 e. The fourth-order valence-electron chi connectivity index (χ4n) is 1.02. The number of nitrogens with zero attached hydrogens (tertiary/aromatic N) is 1. The summed E-state index contributed by atoms with van der Waals surface area (Å²) in [7, 11) is 0. The largest absolute Gasteiger partial charge is 0.475 e. The van der Waals surface area contributed by atoms with Crippen LogP contribution in [-0.2, 0) is 6.42 Å². The van der Waals surface area contributed by atoms with E-state index >= 15 is 0 Å². The molecule has 0 atom stereocenters. The summed E-state index contributed by atoms with van der Waals surface area (Å²) in [4.78, 5) is 27.6. The number of carboxylic acids is 1. The highest BCUT2D eigenvalue weighted by Gasteiger charge is 2.10. The van der Waals surface area contributed by atoms with E-state index in [1.165, 1.54) is 0 Å². The number of aryl methyl sites for hydroxylation is 1. The maximum atomic E-state index is 11.2. The van der Waals surface area contributed by atoms with Crippen molar-refractivity contribution < 1.29 is 9.90 Å². The summed E-state index contributed by atoms with van der Waals surface area (Å²) in [5.41, 5.74) is 0.623. The zero-order valence-electron chi connectivity index (χ0n) is 7.42. The second-order valence-electron chi connectivity index (χ2n) is 2.64. The van der Waals surface area contributed by atoms with Crippen molar-refractivity contribution in [2.75, 3.05) is 0 Å². The number of hydrogen-bond acceptors (Lipinski definition) is 3. The second kappa shape index (κ2) is 3.38. The van der Waals surface area contributed by atoms with Crippen LogP contribution in [0.25, 0.3) is 0 Å². The number of rotatable bonds is 2. The van der Waals surface area contributed by atoms with E-state index in [-0.39, 0.29) is 11.4 Å². The summed E-state index contributed by atoms with van der Waals surface area (Å²) >= 11 is 0. The van der Waals surface area contributed by atoms with Crippen LogP contribution in [0.1, 0.15) is 28.8 Å². The van der Waals surface area contributed by atoms with Gasteiger partial charge in [0.1, 0.15) is 0 Å². The highest BCUT2D eigenvalue weighted by molar-refractivity contribution is 5.83. The third-order valence-electron chi connectivity index (χ3n) is 1.79. The summed E-state index contributed by atoms with van der Waals surface area (Å²) in [6, 6.07) is 0. The van der Waals surface area contributed by atoms with Gasteiger partial charge in [0.15, 0.2) is 0 Å². The normalized spacial score (nSPS) is 10.0. The number of aromatic nitrogens is 2. The molecule has 5 nitrogen and oxygen atoms in total. The molecule has 0 radical (unpaired) electrons. The van der Waals surface area contributed by atoms with Gasteiger partial charge in [-0.25, -0.2) is 9.78 Å². The van der Waals surface area contributed by atoms with Crippen molar-refractivity contribution in [3.63, 3.8) is 0 Å². The minimum Gasteiger partial charge on any atom is -0.475 e. The first-order chi connectivity index (χ1) is 6.06. The first-order valence-electron chi connectivity index (χ1n) is 3.89. The van der Waals surface area contributed by atoms with Crippen LogP contribution in [0.15, 0.2) is 4.79 Å². The van der Waals surface area contributed by atoms with E-state index in [0.717, 1.165) is 0 Å². The molecule has 70 valence electrons. The Morgan fingerprint density at radius 1 is 1.62 bits per heavy atom. The van der Waals surface area contributed by atoms with Crippen molar-refractivity contribution in [3.8, 4) is 0 Å². The van der Waals surface area contributed by atoms with Gasteiger partial charge in [-0.1, -0.05) is 6.92 Å². The van der Waals surface area contributed by atoms with Crippen LogP contribution in [0.4, 0.5) is 0 Å². The Labute approximate surface area is 74.4 Å². The molecule has 0 aliphatic heterocycles. The number of aromatic carboxylic acids is 1. The molecule has 1 heterocycles. The maximum Gasteiger partial charge on any atom is 0.372 e. The molecule has 0 saturated carbocycles. The number of aromatic amines is 1. The summed E-state index contributed by atoms with van der Waals surface area (Å²) in [5, 5.41) is 8.59. The average Bonchev–Trinajstić information content (AvgIpc) is 2.09. The van der Waals surface area contributed by atoms with Crippen LogP contribution in [0.2, 0.25) is 0 Å². The molecular weight excluding hydrogens is 172 g/mol. The standard InChI is InChI=1S/C8H10N2O3/c1-3-5-4(2)7(11)10-6(9-5)8(12)13/h3H2,1-2H3,(H,12,13)(H,9,10,11). The zero-order chi connectivity index (χ0) is 10.0. The Hall–Kier alpha value is -1.65. The van der Waals surface area contributed by atoms with Gasteiger partial charge < -0.3 is 10.1 Å². The lowest BCUT2D eigenvalue weighted by Gasteiger charge is -2.01. The van der Waals surface area contributed by atoms with Gasteiger partial charge in [-0.05, 0) is 13.3 Å². The third kappa shape index (κ3) is 1.74. The lowest BCUT2D eigenvalue weighted by atomic mass is 10.2. The van der Waals surface area contributed by atoms with Crippen LogP contribution in [0.3, 0.4) is 0 Å². The Morgan fingerprint density at radius 2 is 2.23 bits per heavy atom. The Bertz CT molecular complexity index is 395. The molecule has 2 N–H and O–H groups in total. The minimum atomic E-state index is -1.22. The molecule has 1 rings (SSSR count). The van der Waals surface area contributed by atoms with E-state index in [9.17, 15) is 9.59 Å². The number of carboxylic acid groups (broad SMARTS) is 1. The fourth-order valence-corrected chi connectivity index (χ4v) is 1.02. The highest BCUT2D eigenvalue weighted by Crippen LogP contribution is 1.99. The summed E-state index contributed by atoms with van der Waals surface area (Å²) in [5.74, 6) is -1.51.